The summed E-state index contributed by atoms with van der Waals surface area (Å²) in [5, 5.41) is 0. The van der Waals surface area contributed by atoms with Crippen LogP contribution in [0.15, 0.2) is 28.9 Å². The van der Waals surface area contributed by atoms with Crippen molar-refractivity contribution in [2.75, 3.05) is 5.43 Å². The Bertz CT molecular complexity index is 579. The molecule has 18 heavy (non-hydrogen) atoms. The summed E-state index contributed by atoms with van der Waals surface area (Å²) in [6, 6.07) is 4.44. The Morgan fingerprint density at radius 3 is 2.89 bits per heavy atom. The molecule has 0 aliphatic carbocycles. The molecule has 5 nitrogen and oxygen atoms in total. The highest BCUT2D eigenvalue weighted by atomic mass is 79.9. The lowest BCUT2D eigenvalue weighted by Crippen LogP contribution is -2.10. The first kappa shape index (κ1) is 12.7. The second-order valence-corrected chi connectivity index (χ2v) is 4.36. The Morgan fingerprint density at radius 1 is 1.44 bits per heavy atom. The molecular formula is C11H10BrFN4O. The van der Waals surface area contributed by atoms with Gasteiger partial charge in [0.05, 0.1) is 10.7 Å². The number of nitrogens with zero attached hydrogens (tertiary/aromatic N) is 2. The van der Waals surface area contributed by atoms with Gasteiger partial charge in [-0.3, -0.25) is 5.43 Å². The Labute approximate surface area is 111 Å². The molecule has 1 aromatic heterocycles. The lowest BCUT2D eigenvalue weighted by molar-refractivity contribution is 0.456. The third-order valence-electron chi connectivity index (χ3n) is 2.18. The molecule has 0 amide bonds. The molecular weight excluding hydrogens is 303 g/mol. The van der Waals surface area contributed by atoms with Gasteiger partial charge in [0, 0.05) is 0 Å². The van der Waals surface area contributed by atoms with Crippen molar-refractivity contribution in [2.45, 2.75) is 6.92 Å². The highest BCUT2D eigenvalue weighted by molar-refractivity contribution is 9.10. The Morgan fingerprint density at radius 2 is 2.22 bits per heavy atom. The largest absolute Gasteiger partial charge is 0.438 e. The monoisotopic (exact) mass is 312 g/mol. The fourth-order valence-corrected chi connectivity index (χ4v) is 1.56. The van der Waals surface area contributed by atoms with Crippen LogP contribution in [0.2, 0.25) is 0 Å². The molecule has 0 unspecified atom stereocenters. The zero-order valence-corrected chi connectivity index (χ0v) is 11.0. The van der Waals surface area contributed by atoms with Crippen molar-refractivity contribution in [2.24, 2.45) is 5.84 Å². The minimum atomic E-state index is -0.284. The second-order valence-electron chi connectivity index (χ2n) is 3.50. The smallest absolute Gasteiger partial charge is 0.240 e. The number of nitrogens with one attached hydrogen (secondary N) is 1. The summed E-state index contributed by atoms with van der Waals surface area (Å²) >= 11 is 3.26. The number of hydrogen-bond acceptors (Lipinski definition) is 5. The molecule has 1 heterocycles. The van der Waals surface area contributed by atoms with Gasteiger partial charge in [-0.1, -0.05) is 0 Å². The number of hydrazine groups is 1. The van der Waals surface area contributed by atoms with Crippen molar-refractivity contribution in [1.29, 1.82) is 0 Å². The number of nitrogens with two attached hydrogens (primary N) is 1. The molecule has 0 radical (unpaired) electrons. The molecule has 0 saturated carbocycles. The van der Waals surface area contributed by atoms with Gasteiger partial charge >= 0.3 is 0 Å². The quantitative estimate of drug-likeness (QED) is 0.673. The number of aromatic nitrogens is 2. The maximum atomic E-state index is 13.1. The van der Waals surface area contributed by atoms with Crippen LogP contribution in [0.1, 0.15) is 5.56 Å². The van der Waals surface area contributed by atoms with E-state index in [0.29, 0.717) is 21.7 Å². The maximum Gasteiger partial charge on any atom is 0.240 e. The van der Waals surface area contributed by atoms with Crippen molar-refractivity contribution in [3.63, 3.8) is 0 Å². The summed E-state index contributed by atoms with van der Waals surface area (Å²) in [6.45, 7) is 1.66. The number of ether oxygens (including phenoxy) is 1. The van der Waals surface area contributed by atoms with Gasteiger partial charge in [0.1, 0.15) is 11.6 Å². The van der Waals surface area contributed by atoms with Crippen molar-refractivity contribution in [3.05, 3.63) is 40.2 Å². The highest BCUT2D eigenvalue weighted by Gasteiger charge is 2.08. The number of rotatable bonds is 3. The van der Waals surface area contributed by atoms with Gasteiger partial charge in [0.2, 0.25) is 11.8 Å². The van der Waals surface area contributed by atoms with Crippen molar-refractivity contribution >= 4 is 21.9 Å². The number of nitrogen functional groups attached to an aromatic ring is 1. The third-order valence-corrected chi connectivity index (χ3v) is 2.73. The first-order chi connectivity index (χ1) is 8.60. The minimum absolute atomic E-state index is 0.229. The van der Waals surface area contributed by atoms with Crippen LogP contribution in [0, 0.1) is 12.7 Å². The fourth-order valence-electron chi connectivity index (χ4n) is 1.28. The molecule has 7 heteroatoms. The van der Waals surface area contributed by atoms with Crippen LogP contribution in [0.4, 0.5) is 10.3 Å². The zero-order chi connectivity index (χ0) is 13.1. The standard InChI is InChI=1S/C11H10BrFN4O/c1-6-4-7(2-3-9(6)13)18-10-8(12)5-15-11(16-10)17-14/h2-5H,14H2,1H3,(H,15,16,17). The zero-order valence-electron chi connectivity index (χ0n) is 9.45. The van der Waals surface area contributed by atoms with Gasteiger partial charge in [0.25, 0.3) is 0 Å². The molecule has 0 aliphatic heterocycles. The van der Waals surface area contributed by atoms with E-state index in [0.717, 1.165) is 0 Å². The van der Waals surface area contributed by atoms with Crippen LogP contribution in [0.3, 0.4) is 0 Å². The summed E-state index contributed by atoms with van der Waals surface area (Å²) in [5.41, 5.74) is 2.81. The minimum Gasteiger partial charge on any atom is -0.438 e. The number of aryl methyl sites for hydroxylation is 1. The van der Waals surface area contributed by atoms with Gasteiger partial charge < -0.3 is 4.74 Å². The molecule has 94 valence electrons. The van der Waals surface area contributed by atoms with Crippen LogP contribution in [-0.2, 0) is 0 Å². The second kappa shape index (κ2) is 5.28. The maximum absolute atomic E-state index is 13.1. The fraction of sp³-hybridized carbons (Fsp3) is 0.0909. The SMILES string of the molecule is Cc1cc(Oc2nc(NN)ncc2Br)ccc1F. The van der Waals surface area contributed by atoms with E-state index in [9.17, 15) is 4.39 Å². The lowest BCUT2D eigenvalue weighted by Gasteiger charge is -2.08. The summed E-state index contributed by atoms with van der Waals surface area (Å²) in [5.74, 6) is 5.93. The van der Waals surface area contributed by atoms with E-state index in [1.54, 1.807) is 13.0 Å². The average molecular weight is 313 g/mol. The van der Waals surface area contributed by atoms with Gasteiger partial charge in [0.15, 0.2) is 0 Å². The summed E-state index contributed by atoms with van der Waals surface area (Å²) in [6.07, 6.45) is 1.51. The number of benzene rings is 1. The molecule has 0 spiro atoms. The van der Waals surface area contributed by atoms with E-state index >= 15 is 0 Å². The molecule has 0 fully saturated rings. The first-order valence-electron chi connectivity index (χ1n) is 5.03. The van der Waals surface area contributed by atoms with E-state index in [-0.39, 0.29) is 11.8 Å². The van der Waals surface area contributed by atoms with Gasteiger partial charge in [-0.25, -0.2) is 15.2 Å². The van der Waals surface area contributed by atoms with Gasteiger partial charge in [-0.05, 0) is 46.6 Å². The molecule has 1 aromatic carbocycles. The molecule has 2 rings (SSSR count). The average Bonchev–Trinajstić information content (AvgIpc) is 2.36. The molecule has 0 saturated heterocycles. The molecule has 3 N–H and O–H groups in total. The van der Waals surface area contributed by atoms with E-state index < -0.39 is 0 Å². The Kier molecular flexibility index (Phi) is 3.73. The van der Waals surface area contributed by atoms with E-state index in [2.05, 4.69) is 31.3 Å². The number of hydrogen-bond donors (Lipinski definition) is 2. The van der Waals surface area contributed by atoms with Crippen LogP contribution < -0.4 is 16.0 Å². The topological polar surface area (TPSA) is 73.1 Å². The third kappa shape index (κ3) is 2.74. The lowest BCUT2D eigenvalue weighted by atomic mass is 10.2. The van der Waals surface area contributed by atoms with Gasteiger partial charge in [-0.2, -0.15) is 4.98 Å². The number of halogens is 2. The highest BCUT2D eigenvalue weighted by Crippen LogP contribution is 2.28. The van der Waals surface area contributed by atoms with E-state index in [4.69, 9.17) is 10.6 Å². The Hall–Kier alpha value is -1.73. The summed E-state index contributed by atoms with van der Waals surface area (Å²) in [7, 11) is 0. The Balaban J connectivity index is 2.30. The normalized spacial score (nSPS) is 10.2. The van der Waals surface area contributed by atoms with Gasteiger partial charge in [-0.15, -0.1) is 0 Å². The van der Waals surface area contributed by atoms with Crippen LogP contribution >= 0.6 is 15.9 Å². The molecule has 0 bridgehead atoms. The molecule has 0 aliphatic rings. The predicted octanol–water partition coefficient (Wildman–Crippen LogP) is 2.76. The predicted molar refractivity (Wildman–Crippen MR) is 68.8 cm³/mol. The summed E-state index contributed by atoms with van der Waals surface area (Å²) in [4.78, 5) is 7.92. The number of anilines is 1. The van der Waals surface area contributed by atoms with Crippen LogP contribution in [0.5, 0.6) is 11.6 Å². The van der Waals surface area contributed by atoms with E-state index in [1.165, 1.54) is 18.3 Å². The molecule has 0 atom stereocenters. The first-order valence-corrected chi connectivity index (χ1v) is 5.82. The summed E-state index contributed by atoms with van der Waals surface area (Å²) < 4.78 is 19.2. The van der Waals surface area contributed by atoms with Crippen molar-refractivity contribution in [3.8, 4) is 11.6 Å². The van der Waals surface area contributed by atoms with E-state index in [1.807, 2.05) is 0 Å². The van der Waals surface area contributed by atoms with Crippen molar-refractivity contribution in [1.82, 2.24) is 9.97 Å². The van der Waals surface area contributed by atoms with Crippen LogP contribution in [0.25, 0.3) is 0 Å². The van der Waals surface area contributed by atoms with Crippen LogP contribution in [-0.4, -0.2) is 9.97 Å². The molecule has 2 aromatic rings. The van der Waals surface area contributed by atoms with Crippen molar-refractivity contribution < 1.29 is 9.13 Å².